The van der Waals surface area contributed by atoms with Gasteiger partial charge in [0.05, 0.1) is 11.0 Å². The largest absolute Gasteiger partial charge is 0.455 e. The third-order valence-electron chi connectivity index (χ3n) is 18.8. The normalized spacial score (nSPS) is 22.9. The summed E-state index contributed by atoms with van der Waals surface area (Å²) in [6.07, 6.45) is 7.82. The number of anilines is 5. The molecule has 1 aromatic heterocycles. The Morgan fingerprint density at radius 3 is 1.74 bits per heavy atom. The number of nitrogens with zero attached hydrogens (tertiary/aromatic N) is 2. The van der Waals surface area contributed by atoms with Gasteiger partial charge in [0.15, 0.2) is 0 Å². The molecule has 11 aromatic rings. The smallest absolute Gasteiger partial charge is 0.143 e. The SMILES string of the molecule is CC1C=C2C3(C)C4=C1C(C)(c1ccccc1)C=CC4(C)N(c1ccccc1)c1cccc(c13)C21c2cc(N(c3ccc(-c4ccccc4)cc3)c3ccc(-c4ccccc4)cc3)ccc2-c2c1ccc1c2oc2ccccc21. The van der Waals surface area contributed by atoms with Crippen molar-refractivity contribution in [2.75, 3.05) is 9.80 Å². The van der Waals surface area contributed by atoms with Crippen LogP contribution >= 0.6 is 0 Å². The van der Waals surface area contributed by atoms with E-state index in [9.17, 15) is 0 Å². The van der Waals surface area contributed by atoms with Crippen LogP contribution in [-0.4, -0.2) is 5.54 Å². The monoisotopic (exact) mass is 1000 g/mol. The van der Waals surface area contributed by atoms with Crippen LogP contribution in [-0.2, 0) is 16.2 Å². The lowest BCUT2D eigenvalue weighted by molar-refractivity contribution is 0.424. The summed E-state index contributed by atoms with van der Waals surface area (Å²) in [5.74, 6) is 0.0938. The van der Waals surface area contributed by atoms with Gasteiger partial charge in [-0.15, -0.1) is 0 Å². The van der Waals surface area contributed by atoms with Crippen LogP contribution in [0.1, 0.15) is 55.5 Å². The fourth-order valence-corrected chi connectivity index (χ4v) is 15.7. The van der Waals surface area contributed by atoms with E-state index in [1.165, 1.54) is 89.3 Å². The minimum absolute atomic E-state index is 0.0938. The molecule has 0 bridgehead atoms. The van der Waals surface area contributed by atoms with Crippen molar-refractivity contribution in [2.45, 2.75) is 49.5 Å². The van der Waals surface area contributed by atoms with Gasteiger partial charge in [0, 0.05) is 55.6 Å². The minimum atomic E-state index is -0.696. The molecule has 5 atom stereocenters. The highest BCUT2D eigenvalue weighted by Crippen LogP contribution is 2.75. The van der Waals surface area contributed by atoms with Crippen LogP contribution in [0.5, 0.6) is 0 Å². The summed E-state index contributed by atoms with van der Waals surface area (Å²) in [5.41, 5.74) is 23.7. The Hall–Kier alpha value is -9.18. The van der Waals surface area contributed by atoms with Gasteiger partial charge in [-0.2, -0.15) is 0 Å². The van der Waals surface area contributed by atoms with Gasteiger partial charge in [-0.05, 0) is 160 Å². The molecule has 372 valence electrons. The molecule has 3 heteroatoms. The second-order valence-electron chi connectivity index (χ2n) is 22.8. The molecule has 4 aliphatic carbocycles. The van der Waals surface area contributed by atoms with Crippen LogP contribution in [0.25, 0.3) is 55.3 Å². The Morgan fingerprint density at radius 2 is 1.08 bits per heavy atom. The summed E-state index contributed by atoms with van der Waals surface area (Å²) in [7, 11) is 0. The molecule has 0 saturated carbocycles. The van der Waals surface area contributed by atoms with Gasteiger partial charge in [-0.1, -0.05) is 207 Å². The molecule has 0 amide bonds. The maximum atomic E-state index is 7.17. The van der Waals surface area contributed by atoms with E-state index in [0.29, 0.717) is 0 Å². The highest BCUT2D eigenvalue weighted by Gasteiger charge is 2.69. The lowest BCUT2D eigenvalue weighted by Crippen LogP contribution is -2.58. The number of benzene rings is 10. The fourth-order valence-electron chi connectivity index (χ4n) is 15.7. The average molecular weight is 1000 g/mol. The van der Waals surface area contributed by atoms with E-state index in [-0.39, 0.29) is 11.3 Å². The Morgan fingerprint density at radius 1 is 0.487 bits per heavy atom. The molecule has 78 heavy (non-hydrogen) atoms. The fraction of sp³-hybridized carbons (Fsp3) is 0.120. The highest BCUT2D eigenvalue weighted by atomic mass is 16.3. The van der Waals surface area contributed by atoms with E-state index in [1.54, 1.807) is 0 Å². The molecule has 3 nitrogen and oxygen atoms in total. The van der Waals surface area contributed by atoms with E-state index in [2.05, 4.69) is 298 Å². The van der Waals surface area contributed by atoms with Crippen LogP contribution in [0.3, 0.4) is 0 Å². The van der Waals surface area contributed by atoms with Crippen LogP contribution in [0.2, 0.25) is 0 Å². The van der Waals surface area contributed by atoms with Crippen LogP contribution < -0.4 is 9.80 Å². The van der Waals surface area contributed by atoms with Gasteiger partial charge in [-0.25, -0.2) is 0 Å². The van der Waals surface area contributed by atoms with Crippen LogP contribution in [0.4, 0.5) is 28.4 Å². The molecule has 0 radical (unpaired) electrons. The molecule has 2 heterocycles. The molecule has 1 aliphatic heterocycles. The summed E-state index contributed by atoms with van der Waals surface area (Å²) in [5, 5.41) is 2.28. The van der Waals surface area contributed by atoms with Gasteiger partial charge >= 0.3 is 0 Å². The molecule has 10 aromatic carbocycles. The van der Waals surface area contributed by atoms with E-state index < -0.39 is 16.4 Å². The predicted octanol–water partition coefficient (Wildman–Crippen LogP) is 19.3. The van der Waals surface area contributed by atoms with Crippen molar-refractivity contribution in [3.63, 3.8) is 0 Å². The van der Waals surface area contributed by atoms with E-state index in [0.717, 1.165) is 39.0 Å². The van der Waals surface area contributed by atoms with Crippen LogP contribution in [0, 0.1) is 5.92 Å². The van der Waals surface area contributed by atoms with Crippen LogP contribution in [0.15, 0.2) is 282 Å². The molecule has 16 rings (SSSR count). The van der Waals surface area contributed by atoms with E-state index in [4.69, 9.17) is 4.42 Å². The third-order valence-corrected chi connectivity index (χ3v) is 18.8. The third kappa shape index (κ3) is 5.83. The molecular weight excluding hydrogens is 945 g/mol. The summed E-state index contributed by atoms with van der Waals surface area (Å²) in [6.45, 7) is 10.0. The Balaban J connectivity index is 0.999. The summed E-state index contributed by atoms with van der Waals surface area (Å²) in [6, 6.07) is 89.9. The number of hydrogen-bond donors (Lipinski definition) is 0. The summed E-state index contributed by atoms with van der Waals surface area (Å²) in [4.78, 5) is 5.14. The number of fused-ring (bicyclic) bond motifs is 11. The number of furan rings is 1. The number of para-hydroxylation sites is 2. The van der Waals surface area contributed by atoms with Gasteiger partial charge in [0.2, 0.25) is 0 Å². The zero-order chi connectivity index (χ0) is 52.1. The Kier molecular flexibility index (Phi) is 9.34. The summed E-state index contributed by atoms with van der Waals surface area (Å²) < 4.78 is 7.17. The lowest BCUT2D eigenvalue weighted by Gasteiger charge is -2.60. The summed E-state index contributed by atoms with van der Waals surface area (Å²) >= 11 is 0. The number of allylic oxidation sites excluding steroid dienone is 4. The molecule has 5 unspecified atom stereocenters. The van der Waals surface area contributed by atoms with Crippen molar-refractivity contribution in [1.82, 2.24) is 0 Å². The zero-order valence-corrected chi connectivity index (χ0v) is 44.2. The highest BCUT2D eigenvalue weighted by molar-refractivity contribution is 6.13. The Labute approximate surface area is 456 Å². The van der Waals surface area contributed by atoms with Crippen molar-refractivity contribution in [2.24, 2.45) is 5.92 Å². The lowest BCUT2D eigenvalue weighted by atomic mass is 9.50. The second kappa shape index (κ2) is 16.2. The standard InChI is InChI=1S/C75H56N2O/c1-48-46-66-74(4)69-62(29-19-30-64(69)77(56-26-15-8-16-27-56)73(3)45-44-72(2,68(48)71(73)74)53-24-13-7-14-25-53)75(66)61-43-42-59-58-28-17-18-31-65(58)78-70(59)67(61)60-41-40-57(47-63(60)75)76(54-36-32-51(33-37-54)49-20-9-5-10-21-49)55-38-34-52(35-39-55)50-22-11-6-12-23-50/h5-48H,1-4H3. The second-order valence-corrected chi connectivity index (χ2v) is 22.8. The van der Waals surface area contributed by atoms with Crippen molar-refractivity contribution >= 4 is 50.4 Å². The van der Waals surface area contributed by atoms with Crippen molar-refractivity contribution in [1.29, 1.82) is 0 Å². The van der Waals surface area contributed by atoms with Gasteiger partial charge in [-0.3, -0.25) is 0 Å². The number of hydrogen-bond acceptors (Lipinski definition) is 3. The first-order valence-corrected chi connectivity index (χ1v) is 27.7. The van der Waals surface area contributed by atoms with Crippen molar-refractivity contribution in [3.05, 3.63) is 305 Å². The molecule has 0 N–H and O–H groups in total. The first-order valence-electron chi connectivity index (χ1n) is 27.7. The van der Waals surface area contributed by atoms with E-state index in [1.807, 2.05) is 0 Å². The maximum Gasteiger partial charge on any atom is 0.143 e. The first-order chi connectivity index (χ1) is 38.2. The predicted molar refractivity (Wildman–Crippen MR) is 323 cm³/mol. The molecule has 1 spiro atoms. The molecule has 0 saturated heterocycles. The first kappa shape index (κ1) is 45.1. The molecule has 0 fully saturated rings. The maximum absolute atomic E-state index is 7.17. The van der Waals surface area contributed by atoms with Gasteiger partial charge in [0.1, 0.15) is 11.2 Å². The van der Waals surface area contributed by atoms with Gasteiger partial charge in [0.25, 0.3) is 0 Å². The topological polar surface area (TPSA) is 19.6 Å². The molecule has 5 aliphatic rings. The quantitative estimate of drug-likeness (QED) is 0.148. The van der Waals surface area contributed by atoms with Gasteiger partial charge < -0.3 is 14.2 Å². The zero-order valence-electron chi connectivity index (χ0n) is 44.2. The van der Waals surface area contributed by atoms with E-state index >= 15 is 0 Å². The average Bonchev–Trinajstić information content (AvgIpc) is 4.18. The van der Waals surface area contributed by atoms with Crippen molar-refractivity contribution < 1.29 is 4.42 Å². The number of rotatable bonds is 7. The van der Waals surface area contributed by atoms with Crippen molar-refractivity contribution in [3.8, 4) is 33.4 Å². The molecular formula is C75H56N2O. The Bertz CT molecular complexity index is 4280. The minimum Gasteiger partial charge on any atom is -0.455 e.